The molecule has 0 unspecified atom stereocenters. The maximum absolute atomic E-state index is 10.2. The number of hydrogen-bond acceptors (Lipinski definition) is 4. The average molecular weight is 268 g/mol. The summed E-state index contributed by atoms with van der Waals surface area (Å²) in [5, 5.41) is 23.7. The molecule has 1 aliphatic rings. The van der Waals surface area contributed by atoms with Crippen LogP contribution in [0.3, 0.4) is 0 Å². The number of hydrogen-bond donors (Lipinski definition) is 2. The molecule has 0 fully saturated rings. The van der Waals surface area contributed by atoms with Crippen molar-refractivity contribution in [1.29, 1.82) is 0 Å². The van der Waals surface area contributed by atoms with Crippen molar-refractivity contribution in [3.63, 3.8) is 0 Å². The van der Waals surface area contributed by atoms with Crippen LogP contribution in [-0.4, -0.2) is 17.3 Å². The number of benzene rings is 3. The van der Waals surface area contributed by atoms with Gasteiger partial charge in [0.25, 0.3) is 0 Å². The van der Waals surface area contributed by atoms with E-state index in [1.807, 2.05) is 12.1 Å². The number of aromatic hydroxyl groups is 2. The molecule has 100 valence electrons. The molecule has 1 aliphatic heterocycles. The van der Waals surface area contributed by atoms with Crippen molar-refractivity contribution in [3.8, 4) is 23.0 Å². The zero-order valence-electron chi connectivity index (χ0n) is 10.8. The fourth-order valence-electron chi connectivity index (χ4n) is 2.92. The van der Waals surface area contributed by atoms with E-state index in [-0.39, 0.29) is 11.5 Å². The fourth-order valence-corrected chi connectivity index (χ4v) is 2.92. The molecule has 0 saturated heterocycles. The van der Waals surface area contributed by atoms with Crippen LogP contribution < -0.4 is 9.47 Å². The number of phenolic OH excluding ortho intramolecular Hbond substituents is 2. The van der Waals surface area contributed by atoms with Crippen LogP contribution in [-0.2, 0) is 6.61 Å². The molecule has 0 radical (unpaired) electrons. The zero-order valence-corrected chi connectivity index (χ0v) is 10.8. The Kier molecular flexibility index (Phi) is 2.07. The number of phenols is 2. The van der Waals surface area contributed by atoms with Gasteiger partial charge in [-0.05, 0) is 29.0 Å². The van der Waals surface area contributed by atoms with E-state index < -0.39 is 0 Å². The minimum Gasteiger partial charge on any atom is -0.508 e. The first-order chi connectivity index (χ1) is 9.69. The smallest absolute Gasteiger partial charge is 0.201 e. The topological polar surface area (TPSA) is 58.9 Å². The molecule has 0 amide bonds. The van der Waals surface area contributed by atoms with Gasteiger partial charge in [-0.15, -0.1) is 0 Å². The maximum Gasteiger partial charge on any atom is 0.201 e. The molecule has 0 spiro atoms. The van der Waals surface area contributed by atoms with Gasteiger partial charge in [0.05, 0.1) is 7.11 Å². The summed E-state index contributed by atoms with van der Waals surface area (Å²) in [6, 6.07) is 9.09. The lowest BCUT2D eigenvalue weighted by Gasteiger charge is -2.21. The predicted molar refractivity (Wildman–Crippen MR) is 75.7 cm³/mol. The number of methoxy groups -OCH3 is 1. The Labute approximate surface area is 114 Å². The predicted octanol–water partition coefficient (Wildman–Crippen LogP) is 3.31. The highest BCUT2D eigenvalue weighted by atomic mass is 16.5. The van der Waals surface area contributed by atoms with E-state index >= 15 is 0 Å². The Morgan fingerprint density at radius 3 is 2.55 bits per heavy atom. The second-order valence-corrected chi connectivity index (χ2v) is 4.91. The van der Waals surface area contributed by atoms with Crippen molar-refractivity contribution < 1.29 is 19.7 Å². The molecule has 0 aliphatic carbocycles. The van der Waals surface area contributed by atoms with E-state index in [2.05, 4.69) is 0 Å². The van der Waals surface area contributed by atoms with Crippen molar-refractivity contribution in [2.45, 2.75) is 6.61 Å². The van der Waals surface area contributed by atoms with Crippen molar-refractivity contribution >= 4 is 21.5 Å². The van der Waals surface area contributed by atoms with Gasteiger partial charge in [0.1, 0.15) is 12.4 Å². The molecule has 1 heterocycles. The van der Waals surface area contributed by atoms with Crippen LogP contribution in [0.15, 0.2) is 30.3 Å². The van der Waals surface area contributed by atoms with Crippen molar-refractivity contribution in [2.24, 2.45) is 0 Å². The summed E-state index contributed by atoms with van der Waals surface area (Å²) in [6.45, 7) is 0.317. The Morgan fingerprint density at radius 2 is 1.80 bits per heavy atom. The van der Waals surface area contributed by atoms with E-state index in [1.165, 1.54) is 7.11 Å². The Morgan fingerprint density at radius 1 is 1.05 bits per heavy atom. The molecule has 3 aromatic rings. The lowest BCUT2D eigenvalue weighted by Crippen LogP contribution is -2.04. The van der Waals surface area contributed by atoms with Gasteiger partial charge in [-0.25, -0.2) is 0 Å². The maximum atomic E-state index is 10.2. The van der Waals surface area contributed by atoms with Gasteiger partial charge in [0.2, 0.25) is 5.75 Å². The average Bonchev–Trinajstić information content (AvgIpc) is 2.45. The minimum absolute atomic E-state index is 0.0197. The monoisotopic (exact) mass is 268 g/mol. The largest absolute Gasteiger partial charge is 0.508 e. The molecule has 20 heavy (non-hydrogen) atoms. The normalized spacial score (nSPS) is 12.8. The molecule has 0 saturated carbocycles. The van der Waals surface area contributed by atoms with E-state index in [9.17, 15) is 10.2 Å². The van der Waals surface area contributed by atoms with Crippen molar-refractivity contribution in [2.75, 3.05) is 7.11 Å². The third kappa shape index (κ3) is 1.30. The highest BCUT2D eigenvalue weighted by molar-refractivity contribution is 6.14. The van der Waals surface area contributed by atoms with E-state index in [4.69, 9.17) is 9.47 Å². The first kappa shape index (κ1) is 11.2. The van der Waals surface area contributed by atoms with Crippen LogP contribution >= 0.6 is 0 Å². The standard InChI is InChI=1S/C16H12O4/c1-19-12-6-9-3-2-8-4-11(17)5-10-7-20-16(15(12)18)14(9)13(8)10/h2-6,17-18H,7H2,1H3. The Balaban J connectivity index is 2.27. The Hall–Kier alpha value is -2.62. The van der Waals surface area contributed by atoms with Crippen LogP contribution in [0.4, 0.5) is 0 Å². The van der Waals surface area contributed by atoms with Gasteiger partial charge < -0.3 is 19.7 Å². The molecule has 2 N–H and O–H groups in total. The van der Waals surface area contributed by atoms with Crippen molar-refractivity contribution in [3.05, 3.63) is 35.9 Å². The summed E-state index contributed by atoms with van der Waals surface area (Å²) in [4.78, 5) is 0. The van der Waals surface area contributed by atoms with E-state index in [0.29, 0.717) is 18.1 Å². The van der Waals surface area contributed by atoms with E-state index in [0.717, 1.165) is 27.1 Å². The second kappa shape index (κ2) is 3.70. The lowest BCUT2D eigenvalue weighted by atomic mass is 9.95. The first-order valence-corrected chi connectivity index (χ1v) is 6.30. The Bertz CT molecular complexity index is 868. The molecule has 0 bridgehead atoms. The molecule has 4 heteroatoms. The van der Waals surface area contributed by atoms with E-state index in [1.54, 1.807) is 18.2 Å². The van der Waals surface area contributed by atoms with Crippen LogP contribution in [0.25, 0.3) is 21.5 Å². The van der Waals surface area contributed by atoms with Crippen LogP contribution in [0.1, 0.15) is 5.56 Å². The molecule has 4 nitrogen and oxygen atoms in total. The molecular weight excluding hydrogens is 256 g/mol. The molecule has 4 rings (SSSR count). The SMILES string of the molecule is COc1cc2ccc3cc(O)cc4c3c2c(c1O)OC4. The summed E-state index contributed by atoms with van der Waals surface area (Å²) >= 11 is 0. The van der Waals surface area contributed by atoms with Gasteiger partial charge in [0, 0.05) is 16.3 Å². The molecular formula is C16H12O4. The summed E-state index contributed by atoms with van der Waals surface area (Å²) in [7, 11) is 1.51. The second-order valence-electron chi connectivity index (χ2n) is 4.91. The molecule has 0 aromatic heterocycles. The minimum atomic E-state index is 0.0197. The third-order valence-electron chi connectivity index (χ3n) is 3.77. The fraction of sp³-hybridized carbons (Fsp3) is 0.125. The van der Waals surface area contributed by atoms with Gasteiger partial charge in [0.15, 0.2) is 11.5 Å². The quantitative estimate of drug-likeness (QED) is 0.665. The van der Waals surface area contributed by atoms with Gasteiger partial charge >= 0.3 is 0 Å². The summed E-state index contributed by atoms with van der Waals surface area (Å²) in [6.07, 6.45) is 0. The van der Waals surface area contributed by atoms with Gasteiger partial charge in [-0.2, -0.15) is 0 Å². The number of ether oxygens (including phenoxy) is 2. The highest BCUT2D eigenvalue weighted by Crippen LogP contribution is 2.48. The van der Waals surface area contributed by atoms with Gasteiger partial charge in [-0.3, -0.25) is 0 Å². The highest BCUT2D eigenvalue weighted by Gasteiger charge is 2.22. The van der Waals surface area contributed by atoms with Crippen LogP contribution in [0.2, 0.25) is 0 Å². The molecule has 3 aromatic carbocycles. The van der Waals surface area contributed by atoms with Crippen molar-refractivity contribution in [1.82, 2.24) is 0 Å². The summed E-state index contributed by atoms with van der Waals surface area (Å²) < 4.78 is 10.9. The number of rotatable bonds is 1. The molecule has 0 atom stereocenters. The first-order valence-electron chi connectivity index (χ1n) is 6.30. The van der Waals surface area contributed by atoms with Crippen LogP contribution in [0.5, 0.6) is 23.0 Å². The lowest BCUT2D eigenvalue weighted by molar-refractivity contribution is 0.283. The third-order valence-corrected chi connectivity index (χ3v) is 3.77. The zero-order chi connectivity index (χ0) is 13.9. The summed E-state index contributed by atoms with van der Waals surface area (Å²) in [5.41, 5.74) is 0.919. The van der Waals surface area contributed by atoms with Gasteiger partial charge in [-0.1, -0.05) is 12.1 Å². The summed E-state index contributed by atoms with van der Waals surface area (Å²) in [5.74, 6) is 1.08. The van der Waals surface area contributed by atoms with Crippen LogP contribution in [0, 0.1) is 0 Å².